The molecule has 0 saturated heterocycles. The number of rotatable bonds is 4. The first-order chi connectivity index (χ1) is 15.5. The van der Waals surface area contributed by atoms with E-state index in [0.717, 1.165) is 23.0 Å². The highest BCUT2D eigenvalue weighted by Gasteiger charge is 2.18. The number of carbonyl (C=O) groups is 1. The second-order valence-electron chi connectivity index (χ2n) is 7.23. The van der Waals surface area contributed by atoms with E-state index in [1.54, 1.807) is 18.3 Å². The number of amides is 1. The van der Waals surface area contributed by atoms with Crippen molar-refractivity contribution in [3.63, 3.8) is 0 Å². The molecule has 158 valence electrons. The number of hydrogen-bond donors (Lipinski definition) is 1. The van der Waals surface area contributed by atoms with E-state index in [2.05, 4.69) is 15.4 Å². The highest BCUT2D eigenvalue weighted by Crippen LogP contribution is 2.32. The van der Waals surface area contributed by atoms with Gasteiger partial charge in [0.2, 0.25) is 5.91 Å². The maximum Gasteiger partial charge on any atom is 0.246 e. The lowest BCUT2D eigenvalue weighted by Gasteiger charge is -2.08. The number of nitrogens with zero attached hydrogens (tertiary/aromatic N) is 3. The van der Waals surface area contributed by atoms with Crippen molar-refractivity contribution < 1.29 is 18.0 Å². The van der Waals surface area contributed by atoms with E-state index in [1.807, 2.05) is 24.3 Å². The van der Waals surface area contributed by atoms with Crippen molar-refractivity contribution in [2.24, 2.45) is 0 Å². The maximum atomic E-state index is 13.5. The Balaban J connectivity index is 1.59. The van der Waals surface area contributed by atoms with E-state index in [1.165, 1.54) is 22.9 Å². The van der Waals surface area contributed by atoms with Crippen LogP contribution in [-0.4, -0.2) is 20.7 Å². The quantitative estimate of drug-likeness (QED) is 0.419. The second-order valence-corrected chi connectivity index (χ2v) is 7.23. The van der Waals surface area contributed by atoms with Gasteiger partial charge in [0.25, 0.3) is 0 Å². The Kier molecular flexibility index (Phi) is 4.82. The summed E-state index contributed by atoms with van der Waals surface area (Å²) in [5, 5.41) is 8.67. The SMILES string of the molecule is O=C(Cn1nc(-c2ccc(F)cc2)c2cnc3ccccc3c21)Nc1ccc(F)c(F)c1. The molecule has 0 aliphatic carbocycles. The number of nitrogens with one attached hydrogen (secondary N) is 1. The third-order valence-electron chi connectivity index (χ3n) is 5.10. The summed E-state index contributed by atoms with van der Waals surface area (Å²) in [7, 11) is 0. The third kappa shape index (κ3) is 3.56. The molecule has 3 aromatic carbocycles. The first kappa shape index (κ1) is 19.7. The predicted molar refractivity (Wildman–Crippen MR) is 115 cm³/mol. The van der Waals surface area contributed by atoms with Gasteiger partial charge in [-0.15, -0.1) is 0 Å². The Hall–Kier alpha value is -4.20. The normalized spacial score (nSPS) is 11.2. The summed E-state index contributed by atoms with van der Waals surface area (Å²) >= 11 is 0. The predicted octanol–water partition coefficient (Wildman–Crippen LogP) is 5.31. The molecular formula is C24H15F3N4O. The summed E-state index contributed by atoms with van der Waals surface area (Å²) in [5.41, 5.74) is 2.78. The molecule has 1 N–H and O–H groups in total. The van der Waals surface area contributed by atoms with Crippen molar-refractivity contribution in [1.82, 2.24) is 14.8 Å². The molecule has 0 radical (unpaired) electrons. The van der Waals surface area contributed by atoms with E-state index in [4.69, 9.17) is 0 Å². The fourth-order valence-electron chi connectivity index (χ4n) is 3.65. The number of aromatic nitrogens is 3. The van der Waals surface area contributed by atoms with Crippen LogP contribution in [0.2, 0.25) is 0 Å². The highest BCUT2D eigenvalue weighted by atomic mass is 19.2. The van der Waals surface area contributed by atoms with Crippen molar-refractivity contribution in [3.8, 4) is 11.3 Å². The Morgan fingerprint density at radius 3 is 2.47 bits per heavy atom. The van der Waals surface area contributed by atoms with Gasteiger partial charge in [0.15, 0.2) is 11.6 Å². The molecule has 2 heterocycles. The molecular weight excluding hydrogens is 417 g/mol. The van der Waals surface area contributed by atoms with Gasteiger partial charge in [0, 0.05) is 34.3 Å². The van der Waals surface area contributed by atoms with Gasteiger partial charge in [-0.05, 0) is 42.5 Å². The van der Waals surface area contributed by atoms with Gasteiger partial charge in [0.05, 0.1) is 11.0 Å². The Morgan fingerprint density at radius 2 is 1.69 bits per heavy atom. The zero-order valence-electron chi connectivity index (χ0n) is 16.5. The second kappa shape index (κ2) is 7.81. The van der Waals surface area contributed by atoms with Crippen LogP contribution in [0.1, 0.15) is 0 Å². The molecule has 0 spiro atoms. The molecule has 5 nitrogen and oxygen atoms in total. The summed E-state index contributed by atoms with van der Waals surface area (Å²) < 4.78 is 41.6. The van der Waals surface area contributed by atoms with E-state index < -0.39 is 17.5 Å². The molecule has 5 rings (SSSR count). The van der Waals surface area contributed by atoms with E-state index >= 15 is 0 Å². The van der Waals surface area contributed by atoms with E-state index in [0.29, 0.717) is 22.2 Å². The molecule has 5 aromatic rings. The van der Waals surface area contributed by atoms with Crippen LogP contribution in [0.5, 0.6) is 0 Å². The first-order valence-corrected chi connectivity index (χ1v) is 9.75. The molecule has 8 heteroatoms. The Labute approximate surface area is 180 Å². The lowest BCUT2D eigenvalue weighted by molar-refractivity contribution is -0.116. The van der Waals surface area contributed by atoms with E-state index in [9.17, 15) is 18.0 Å². The van der Waals surface area contributed by atoms with Crippen LogP contribution < -0.4 is 5.32 Å². The van der Waals surface area contributed by atoms with Gasteiger partial charge in [-0.2, -0.15) is 5.10 Å². The molecule has 1 amide bonds. The maximum absolute atomic E-state index is 13.5. The highest BCUT2D eigenvalue weighted by molar-refractivity contribution is 6.08. The number of carbonyl (C=O) groups excluding carboxylic acids is 1. The zero-order chi connectivity index (χ0) is 22.2. The van der Waals surface area contributed by atoms with Crippen LogP contribution >= 0.6 is 0 Å². The fourth-order valence-corrected chi connectivity index (χ4v) is 3.65. The van der Waals surface area contributed by atoms with Crippen LogP contribution in [-0.2, 0) is 11.3 Å². The van der Waals surface area contributed by atoms with Crippen LogP contribution in [0.25, 0.3) is 33.1 Å². The average molecular weight is 432 g/mol. The molecule has 32 heavy (non-hydrogen) atoms. The molecule has 0 atom stereocenters. The van der Waals surface area contributed by atoms with Crippen LogP contribution in [0.4, 0.5) is 18.9 Å². The molecule has 0 unspecified atom stereocenters. The summed E-state index contributed by atoms with van der Waals surface area (Å²) in [6, 6.07) is 16.5. The smallest absolute Gasteiger partial charge is 0.246 e. The Morgan fingerprint density at radius 1 is 0.906 bits per heavy atom. The summed E-state index contributed by atoms with van der Waals surface area (Å²) in [4.78, 5) is 17.2. The third-order valence-corrected chi connectivity index (χ3v) is 5.10. The molecule has 2 aromatic heterocycles. The fraction of sp³-hybridized carbons (Fsp3) is 0.0417. The van der Waals surface area contributed by atoms with Crippen molar-refractivity contribution in [1.29, 1.82) is 0 Å². The average Bonchev–Trinajstić information content (AvgIpc) is 3.15. The number of benzene rings is 3. The minimum absolute atomic E-state index is 0.135. The first-order valence-electron chi connectivity index (χ1n) is 9.75. The number of hydrogen-bond acceptors (Lipinski definition) is 3. The van der Waals surface area contributed by atoms with Crippen molar-refractivity contribution in [2.75, 3.05) is 5.32 Å². The molecule has 0 fully saturated rings. The largest absolute Gasteiger partial charge is 0.324 e. The number of anilines is 1. The van der Waals surface area contributed by atoms with Gasteiger partial charge in [-0.1, -0.05) is 18.2 Å². The summed E-state index contributed by atoms with van der Waals surface area (Å²) in [5.74, 6) is -2.88. The van der Waals surface area contributed by atoms with Gasteiger partial charge < -0.3 is 5.32 Å². The standard InChI is InChI=1S/C24H15F3N4O/c25-15-7-5-14(6-8-15)23-18-12-28-21-4-2-1-3-17(21)24(18)31(30-23)13-22(32)29-16-9-10-19(26)20(27)11-16/h1-12H,13H2,(H,29,32). The number of para-hydroxylation sites is 1. The summed E-state index contributed by atoms with van der Waals surface area (Å²) in [6.45, 7) is -0.176. The topological polar surface area (TPSA) is 59.8 Å². The number of halogens is 3. The van der Waals surface area contributed by atoms with Crippen LogP contribution in [0.3, 0.4) is 0 Å². The van der Waals surface area contributed by atoms with Gasteiger partial charge in [0.1, 0.15) is 18.1 Å². The molecule has 0 aliphatic heterocycles. The van der Waals surface area contributed by atoms with Crippen molar-refractivity contribution >= 4 is 33.4 Å². The monoisotopic (exact) mass is 432 g/mol. The number of pyridine rings is 1. The Bertz CT molecular complexity index is 1480. The molecule has 0 saturated carbocycles. The van der Waals surface area contributed by atoms with Crippen molar-refractivity contribution in [2.45, 2.75) is 6.54 Å². The van der Waals surface area contributed by atoms with Gasteiger partial charge in [-0.3, -0.25) is 14.5 Å². The lowest BCUT2D eigenvalue weighted by atomic mass is 10.1. The molecule has 0 bridgehead atoms. The molecule has 0 aliphatic rings. The minimum atomic E-state index is -1.05. The zero-order valence-corrected chi connectivity index (χ0v) is 16.5. The van der Waals surface area contributed by atoms with Crippen LogP contribution in [0.15, 0.2) is 72.9 Å². The lowest BCUT2D eigenvalue weighted by Crippen LogP contribution is -2.19. The summed E-state index contributed by atoms with van der Waals surface area (Å²) in [6.07, 6.45) is 1.67. The minimum Gasteiger partial charge on any atom is -0.324 e. The van der Waals surface area contributed by atoms with E-state index in [-0.39, 0.29) is 18.0 Å². The number of fused-ring (bicyclic) bond motifs is 3. The van der Waals surface area contributed by atoms with Crippen LogP contribution in [0, 0.1) is 17.5 Å². The van der Waals surface area contributed by atoms with Gasteiger partial charge >= 0.3 is 0 Å². The van der Waals surface area contributed by atoms with Crippen molar-refractivity contribution in [3.05, 3.63) is 90.4 Å². The van der Waals surface area contributed by atoms with Gasteiger partial charge in [-0.25, -0.2) is 13.2 Å².